The van der Waals surface area contributed by atoms with Crippen molar-refractivity contribution in [3.63, 3.8) is 0 Å². The molecule has 0 unspecified atom stereocenters. The number of carbonyl (C=O) groups excluding carboxylic acids is 2. The first-order valence-electron chi connectivity index (χ1n) is 12.1. The summed E-state index contributed by atoms with van der Waals surface area (Å²) in [5, 5.41) is 6.77. The Morgan fingerprint density at radius 1 is 0.771 bits per heavy atom. The average molecular weight is 605 g/mol. The third-order valence-corrected chi connectivity index (χ3v) is 16.8. The van der Waals surface area contributed by atoms with Gasteiger partial charge in [-0.05, 0) is 0 Å². The number of rotatable bonds is 2. The van der Waals surface area contributed by atoms with E-state index < -0.39 is 28.5 Å². The second-order valence-electron chi connectivity index (χ2n) is 9.60. The van der Waals surface area contributed by atoms with Crippen molar-refractivity contribution in [2.24, 2.45) is 0 Å². The molecule has 0 radical (unpaired) electrons. The normalized spacial score (nSPS) is 17.9. The fourth-order valence-corrected chi connectivity index (χ4v) is 15.3. The molecule has 0 amide bonds. The molecule has 0 saturated carbocycles. The molecule has 35 heavy (non-hydrogen) atoms. The number of para-hydroxylation sites is 2. The van der Waals surface area contributed by atoms with Crippen LogP contribution in [0.1, 0.15) is 43.6 Å². The molecule has 2 aromatic heterocycles. The van der Waals surface area contributed by atoms with Crippen molar-refractivity contribution in [1.29, 1.82) is 0 Å². The van der Waals surface area contributed by atoms with Crippen LogP contribution in [-0.4, -0.2) is 40.1 Å². The standard InChI is InChI=1S/C29H23NO2SSiTe/c31-28-20(29(32)22-18-33-17-21(22)28)16-19-12-13-27(35-19)30-23-8-2-4-10-25(23)34(14-6-1-7-15-34)26-11-5-3-9-24(26)30/h2-5,8-13,16-18H,1,6-7,14-15H2. The maximum absolute atomic E-state index is 12.8. The van der Waals surface area contributed by atoms with E-state index in [2.05, 4.69) is 65.6 Å². The number of Topliss-reactive ketones (excluding diaryl/α,β-unsaturated/α-hetero) is 2. The molecule has 172 valence electrons. The third kappa shape index (κ3) is 3.21. The van der Waals surface area contributed by atoms with E-state index in [9.17, 15) is 9.59 Å². The number of carbonyl (C=O) groups is 2. The topological polar surface area (TPSA) is 37.4 Å². The Morgan fingerprint density at radius 2 is 1.37 bits per heavy atom. The van der Waals surface area contributed by atoms with Crippen LogP contribution in [0.5, 0.6) is 0 Å². The first kappa shape index (κ1) is 21.8. The number of benzene rings is 2. The molecule has 2 aliphatic heterocycles. The molecule has 3 aliphatic rings. The number of nitrogens with zero attached hydrogens (tertiary/aromatic N) is 1. The van der Waals surface area contributed by atoms with E-state index in [-0.39, 0.29) is 11.6 Å². The molecule has 1 fully saturated rings. The zero-order valence-electron chi connectivity index (χ0n) is 19.1. The number of ketones is 2. The van der Waals surface area contributed by atoms with Crippen LogP contribution in [0.2, 0.25) is 12.1 Å². The molecule has 3 nitrogen and oxygen atoms in total. The second kappa shape index (κ2) is 8.28. The monoisotopic (exact) mass is 607 g/mol. The number of hydrogen-bond donors (Lipinski definition) is 0. The van der Waals surface area contributed by atoms with E-state index in [1.165, 1.54) is 57.8 Å². The fourth-order valence-electron chi connectivity index (χ4n) is 6.21. The van der Waals surface area contributed by atoms with Gasteiger partial charge in [0.2, 0.25) is 0 Å². The quantitative estimate of drug-likeness (QED) is 0.165. The molecular weight excluding hydrogens is 582 g/mol. The summed E-state index contributed by atoms with van der Waals surface area (Å²) in [6.45, 7) is 0. The van der Waals surface area contributed by atoms with E-state index in [1.54, 1.807) is 21.1 Å². The molecule has 0 atom stereocenters. The number of thiophene rings is 1. The molecule has 1 saturated heterocycles. The molecule has 4 aromatic rings. The summed E-state index contributed by atoms with van der Waals surface area (Å²) in [6.07, 6.45) is 5.89. The number of fused-ring (bicyclic) bond motifs is 5. The van der Waals surface area contributed by atoms with E-state index in [0.29, 0.717) is 16.7 Å². The predicted molar refractivity (Wildman–Crippen MR) is 148 cm³/mol. The van der Waals surface area contributed by atoms with Crippen molar-refractivity contribution in [2.45, 2.75) is 31.4 Å². The van der Waals surface area contributed by atoms with Gasteiger partial charge in [-0.3, -0.25) is 0 Å². The molecular formula is C29H23NO2SSiTe. The molecule has 1 spiro atoms. The molecule has 6 heteroatoms. The van der Waals surface area contributed by atoms with Gasteiger partial charge in [-0.2, -0.15) is 0 Å². The van der Waals surface area contributed by atoms with E-state index >= 15 is 0 Å². The van der Waals surface area contributed by atoms with Gasteiger partial charge in [0.1, 0.15) is 0 Å². The SMILES string of the molecule is O=C1C(=Cc2ccc(N3c4ccccc4[Si]4(CCCCC4)c4ccccc43)[te]2)C(=O)c2cscc21. The maximum atomic E-state index is 12.8. The Morgan fingerprint density at radius 3 is 2.00 bits per heavy atom. The van der Waals surface area contributed by atoms with Crippen molar-refractivity contribution in [3.05, 3.63) is 91.7 Å². The zero-order chi connectivity index (χ0) is 23.6. The molecule has 1 aliphatic carbocycles. The van der Waals surface area contributed by atoms with Gasteiger partial charge in [0, 0.05) is 0 Å². The minimum absolute atomic E-state index is 0.119. The van der Waals surface area contributed by atoms with E-state index in [0.717, 1.165) is 3.58 Å². The summed E-state index contributed by atoms with van der Waals surface area (Å²) >= 11 is 0.665. The van der Waals surface area contributed by atoms with E-state index in [4.69, 9.17) is 0 Å². The Balaban J connectivity index is 1.34. The number of hydrogen-bond acceptors (Lipinski definition) is 4. The second-order valence-corrected chi connectivity index (χ2v) is 17.7. The van der Waals surface area contributed by atoms with Gasteiger partial charge in [-0.15, -0.1) is 0 Å². The summed E-state index contributed by atoms with van der Waals surface area (Å²) in [4.78, 5) is 28.1. The van der Waals surface area contributed by atoms with E-state index in [1.807, 2.05) is 6.08 Å². The summed E-state index contributed by atoms with van der Waals surface area (Å²) in [5.74, 6) is -0.237. The van der Waals surface area contributed by atoms with Gasteiger partial charge < -0.3 is 0 Å². The zero-order valence-corrected chi connectivity index (χ0v) is 23.3. The predicted octanol–water partition coefficient (Wildman–Crippen LogP) is 5.80. The molecule has 0 N–H and O–H groups in total. The first-order chi connectivity index (χ1) is 17.2. The van der Waals surface area contributed by atoms with Crippen molar-refractivity contribution in [3.8, 4) is 0 Å². The average Bonchev–Trinajstić information content (AvgIpc) is 3.62. The van der Waals surface area contributed by atoms with Crippen LogP contribution in [-0.2, 0) is 0 Å². The van der Waals surface area contributed by atoms with Gasteiger partial charge in [0.15, 0.2) is 0 Å². The van der Waals surface area contributed by atoms with Crippen LogP contribution in [0.15, 0.2) is 77.0 Å². The Labute approximate surface area is 219 Å². The summed E-state index contributed by atoms with van der Waals surface area (Å²) in [5.41, 5.74) is 4.18. The van der Waals surface area contributed by atoms with Gasteiger partial charge in [-0.1, -0.05) is 0 Å². The van der Waals surface area contributed by atoms with Crippen molar-refractivity contribution < 1.29 is 9.59 Å². The van der Waals surface area contributed by atoms with Crippen LogP contribution in [0.25, 0.3) is 6.08 Å². The first-order valence-corrected chi connectivity index (χ1v) is 17.8. The van der Waals surface area contributed by atoms with Gasteiger partial charge in [0.25, 0.3) is 0 Å². The fraction of sp³-hybridized carbons (Fsp3) is 0.172. The van der Waals surface area contributed by atoms with Crippen LogP contribution in [0.4, 0.5) is 15.1 Å². The summed E-state index contributed by atoms with van der Waals surface area (Å²) < 4.78 is 2.47. The Hall–Kier alpha value is -2.49. The summed E-state index contributed by atoms with van der Waals surface area (Å²) in [6, 6.07) is 25.2. The minimum atomic E-state index is -1.77. The molecule has 0 bridgehead atoms. The van der Waals surface area contributed by atoms with Crippen LogP contribution in [0, 0.1) is 0 Å². The van der Waals surface area contributed by atoms with Crippen LogP contribution < -0.4 is 15.3 Å². The van der Waals surface area contributed by atoms with Crippen LogP contribution >= 0.6 is 11.3 Å². The number of anilines is 3. The van der Waals surface area contributed by atoms with Crippen molar-refractivity contribution in [1.82, 2.24) is 0 Å². The van der Waals surface area contributed by atoms with Crippen molar-refractivity contribution in [2.75, 3.05) is 4.90 Å². The summed E-state index contributed by atoms with van der Waals surface area (Å²) in [7, 11) is -1.77. The van der Waals surface area contributed by atoms with Gasteiger partial charge in [0.05, 0.1) is 0 Å². The third-order valence-electron chi connectivity index (χ3n) is 7.79. The Kier molecular flexibility index (Phi) is 5.15. The van der Waals surface area contributed by atoms with Gasteiger partial charge >= 0.3 is 220 Å². The Bertz CT molecular complexity index is 1460. The molecule has 7 rings (SSSR count). The number of allylic oxidation sites excluding steroid dienone is 1. The molecule has 4 heterocycles. The van der Waals surface area contributed by atoms with Crippen LogP contribution in [0.3, 0.4) is 0 Å². The van der Waals surface area contributed by atoms with Gasteiger partial charge in [-0.25, -0.2) is 0 Å². The van der Waals surface area contributed by atoms with Crippen molar-refractivity contribution >= 4 is 82.9 Å². The molecule has 2 aromatic carbocycles.